The summed E-state index contributed by atoms with van der Waals surface area (Å²) in [6, 6.07) is 13.2. The van der Waals surface area contributed by atoms with Gasteiger partial charge in [0.25, 0.3) is 5.69 Å². The predicted molar refractivity (Wildman–Crippen MR) is 132 cm³/mol. The van der Waals surface area contributed by atoms with Crippen molar-refractivity contribution in [2.45, 2.75) is 50.7 Å². The molecule has 1 saturated carbocycles. The summed E-state index contributed by atoms with van der Waals surface area (Å²) in [5.74, 6) is 0.403. The Bertz CT molecular complexity index is 1050. The topological polar surface area (TPSA) is 87.5 Å². The van der Waals surface area contributed by atoms with Crippen LogP contribution in [-0.2, 0) is 11.0 Å². The average molecular weight is 505 g/mol. The van der Waals surface area contributed by atoms with E-state index < -0.39 is 22.4 Å². The van der Waals surface area contributed by atoms with Crippen molar-refractivity contribution < 1.29 is 22.9 Å². The predicted octanol–water partition coefficient (Wildman–Crippen LogP) is 5.62. The molecule has 2 N–H and O–H groups in total. The van der Waals surface area contributed by atoms with Gasteiger partial charge in [-0.2, -0.15) is 13.2 Å². The van der Waals surface area contributed by atoms with Gasteiger partial charge in [0.1, 0.15) is 5.56 Å². The number of nitro groups is 1. The van der Waals surface area contributed by atoms with E-state index in [0.717, 1.165) is 38.1 Å². The molecule has 1 aliphatic heterocycles. The van der Waals surface area contributed by atoms with Gasteiger partial charge in [-0.25, -0.2) is 0 Å². The van der Waals surface area contributed by atoms with Crippen LogP contribution in [0.5, 0.6) is 0 Å². The third kappa shape index (κ3) is 6.47. The second-order valence-electron chi connectivity index (χ2n) is 9.69. The van der Waals surface area contributed by atoms with E-state index in [0.29, 0.717) is 38.1 Å². The summed E-state index contributed by atoms with van der Waals surface area (Å²) in [6.45, 7) is 2.61. The van der Waals surface area contributed by atoms with Gasteiger partial charge >= 0.3 is 6.18 Å². The number of para-hydroxylation sites is 1. The first kappa shape index (κ1) is 25.8. The number of benzene rings is 2. The Balaban J connectivity index is 1.21. The lowest BCUT2D eigenvalue weighted by atomic mass is 9.85. The minimum absolute atomic E-state index is 0.0497. The molecule has 36 heavy (non-hydrogen) atoms. The molecule has 0 bridgehead atoms. The molecule has 1 saturated heterocycles. The van der Waals surface area contributed by atoms with E-state index in [4.69, 9.17) is 0 Å². The number of amides is 1. The van der Waals surface area contributed by atoms with Gasteiger partial charge in [0.05, 0.1) is 4.92 Å². The number of halogens is 3. The summed E-state index contributed by atoms with van der Waals surface area (Å²) in [6.07, 6.45) is -0.169. The van der Waals surface area contributed by atoms with Crippen LogP contribution in [0.1, 0.15) is 44.1 Å². The van der Waals surface area contributed by atoms with Crippen molar-refractivity contribution in [1.82, 2.24) is 5.32 Å². The Morgan fingerprint density at radius 3 is 2.28 bits per heavy atom. The van der Waals surface area contributed by atoms with Gasteiger partial charge in [-0.1, -0.05) is 18.2 Å². The minimum atomic E-state index is -4.81. The Kier molecular flexibility index (Phi) is 8.01. The molecule has 0 spiro atoms. The van der Waals surface area contributed by atoms with Crippen LogP contribution in [0.2, 0.25) is 0 Å². The van der Waals surface area contributed by atoms with Gasteiger partial charge < -0.3 is 15.5 Å². The number of rotatable bonds is 7. The zero-order chi connectivity index (χ0) is 25.7. The second kappa shape index (κ2) is 11.2. The Labute approximate surface area is 208 Å². The van der Waals surface area contributed by atoms with E-state index in [9.17, 15) is 28.1 Å². The molecule has 2 aromatic rings. The fourth-order valence-electron chi connectivity index (χ4n) is 5.17. The van der Waals surface area contributed by atoms with Gasteiger partial charge in [0, 0.05) is 49.0 Å². The lowest BCUT2D eigenvalue weighted by Gasteiger charge is -2.34. The molecule has 2 aliphatic rings. The number of nitro benzene ring substituents is 1. The molecule has 1 amide bonds. The van der Waals surface area contributed by atoms with Crippen molar-refractivity contribution in [3.63, 3.8) is 0 Å². The second-order valence-corrected chi connectivity index (χ2v) is 9.69. The molecule has 4 rings (SSSR count). The van der Waals surface area contributed by atoms with Crippen LogP contribution in [0.15, 0.2) is 48.5 Å². The van der Waals surface area contributed by atoms with Crippen molar-refractivity contribution in [2.24, 2.45) is 11.8 Å². The summed E-state index contributed by atoms with van der Waals surface area (Å²) in [5, 5.41) is 17.1. The summed E-state index contributed by atoms with van der Waals surface area (Å²) < 4.78 is 39.7. The van der Waals surface area contributed by atoms with E-state index >= 15 is 0 Å². The Morgan fingerprint density at radius 1 is 1.00 bits per heavy atom. The Morgan fingerprint density at radius 2 is 1.67 bits per heavy atom. The van der Waals surface area contributed by atoms with Crippen LogP contribution in [-0.4, -0.2) is 36.5 Å². The van der Waals surface area contributed by atoms with Crippen molar-refractivity contribution in [2.75, 3.05) is 29.9 Å². The van der Waals surface area contributed by atoms with Crippen molar-refractivity contribution in [3.8, 4) is 0 Å². The molecule has 0 atom stereocenters. The average Bonchev–Trinajstić information content (AvgIpc) is 2.88. The number of carbonyl (C=O) groups excluding carboxylic acids is 1. The van der Waals surface area contributed by atoms with Gasteiger partial charge in [-0.05, 0) is 68.7 Å². The number of hydrogen-bond donors (Lipinski definition) is 2. The lowest BCUT2D eigenvalue weighted by Crippen LogP contribution is -2.41. The maximum absolute atomic E-state index is 13.2. The molecule has 0 radical (unpaired) electrons. The van der Waals surface area contributed by atoms with E-state index in [1.54, 1.807) is 0 Å². The molecule has 1 heterocycles. The van der Waals surface area contributed by atoms with Crippen LogP contribution >= 0.6 is 0 Å². The van der Waals surface area contributed by atoms with Crippen molar-refractivity contribution >= 4 is 23.0 Å². The monoisotopic (exact) mass is 504 g/mol. The number of alkyl halides is 3. The van der Waals surface area contributed by atoms with Crippen molar-refractivity contribution in [3.05, 3.63) is 64.2 Å². The van der Waals surface area contributed by atoms with E-state index in [2.05, 4.69) is 27.7 Å². The van der Waals surface area contributed by atoms with Gasteiger partial charge in [0.2, 0.25) is 5.91 Å². The van der Waals surface area contributed by atoms with Crippen LogP contribution in [0.25, 0.3) is 0 Å². The minimum Gasteiger partial charge on any atom is -0.382 e. The molecule has 194 valence electrons. The van der Waals surface area contributed by atoms with E-state index in [-0.39, 0.29) is 23.6 Å². The van der Waals surface area contributed by atoms with E-state index in [1.165, 1.54) is 11.8 Å². The van der Waals surface area contributed by atoms with Crippen LogP contribution in [0.4, 0.5) is 30.2 Å². The first-order valence-corrected chi connectivity index (χ1v) is 12.4. The first-order valence-electron chi connectivity index (χ1n) is 12.4. The fraction of sp³-hybridized carbons (Fsp3) is 0.500. The SMILES string of the molecule is O=C(NCC1CCN(c2ccccc2)CC1)[C@H]1CC[C@H](Nc2ccc([N+](=O)[O-])c(C(F)(F)F)c2)CC1. The molecule has 7 nitrogen and oxygen atoms in total. The van der Waals surface area contributed by atoms with Gasteiger partial charge in [0.15, 0.2) is 0 Å². The van der Waals surface area contributed by atoms with Crippen LogP contribution in [0.3, 0.4) is 0 Å². The normalized spacial score (nSPS) is 21.1. The number of nitrogens with one attached hydrogen (secondary N) is 2. The van der Waals surface area contributed by atoms with Crippen LogP contribution in [0, 0.1) is 22.0 Å². The van der Waals surface area contributed by atoms with E-state index in [1.807, 2.05) is 18.2 Å². The molecule has 10 heteroatoms. The lowest BCUT2D eigenvalue weighted by molar-refractivity contribution is -0.388. The highest BCUT2D eigenvalue weighted by Gasteiger charge is 2.38. The van der Waals surface area contributed by atoms with Gasteiger partial charge in [-0.15, -0.1) is 0 Å². The molecule has 0 aromatic heterocycles. The fourth-order valence-corrected chi connectivity index (χ4v) is 5.17. The quantitative estimate of drug-likeness (QED) is 0.378. The summed E-state index contributed by atoms with van der Waals surface area (Å²) in [4.78, 5) is 25.0. The maximum atomic E-state index is 13.2. The Hall–Kier alpha value is -3.30. The highest BCUT2D eigenvalue weighted by atomic mass is 19.4. The van der Waals surface area contributed by atoms with Crippen molar-refractivity contribution in [1.29, 1.82) is 0 Å². The molecule has 2 aromatic carbocycles. The molecule has 2 fully saturated rings. The molecule has 0 unspecified atom stereocenters. The number of carbonyl (C=O) groups is 1. The highest BCUT2D eigenvalue weighted by molar-refractivity contribution is 5.78. The zero-order valence-corrected chi connectivity index (χ0v) is 20.0. The maximum Gasteiger partial charge on any atom is 0.423 e. The summed E-state index contributed by atoms with van der Waals surface area (Å²) in [5.41, 5.74) is -0.796. The van der Waals surface area contributed by atoms with Crippen LogP contribution < -0.4 is 15.5 Å². The zero-order valence-electron chi connectivity index (χ0n) is 20.0. The molecule has 1 aliphatic carbocycles. The first-order chi connectivity index (χ1) is 17.2. The smallest absolute Gasteiger partial charge is 0.382 e. The standard InChI is InChI=1S/C26H31F3N4O3/c27-26(28,29)23-16-21(10-11-24(23)33(35)36)31-20-8-6-19(7-9-20)25(34)30-17-18-12-14-32(15-13-18)22-4-2-1-3-5-22/h1-5,10-11,16,18-20,31H,6-9,12-15,17H2,(H,30,34)/t19-,20-. The molecular weight excluding hydrogens is 473 g/mol. The summed E-state index contributed by atoms with van der Waals surface area (Å²) in [7, 11) is 0. The third-order valence-corrected chi connectivity index (χ3v) is 7.27. The number of nitrogens with zero attached hydrogens (tertiary/aromatic N) is 2. The van der Waals surface area contributed by atoms with Gasteiger partial charge in [-0.3, -0.25) is 14.9 Å². The largest absolute Gasteiger partial charge is 0.423 e. The third-order valence-electron chi connectivity index (χ3n) is 7.27. The number of hydrogen-bond acceptors (Lipinski definition) is 5. The number of piperidine rings is 1. The number of anilines is 2. The highest BCUT2D eigenvalue weighted by Crippen LogP contribution is 2.38. The molecular formula is C26H31F3N4O3. The summed E-state index contributed by atoms with van der Waals surface area (Å²) >= 11 is 0.